The Bertz CT molecular complexity index is 419. The molecule has 0 amide bonds. The van der Waals surface area contributed by atoms with Gasteiger partial charge in [-0.3, -0.25) is 0 Å². The van der Waals surface area contributed by atoms with Crippen LogP contribution in [-0.4, -0.2) is 9.55 Å². The van der Waals surface area contributed by atoms with Crippen LogP contribution >= 0.6 is 0 Å². The molecule has 14 heavy (non-hydrogen) atoms. The van der Waals surface area contributed by atoms with Gasteiger partial charge in [-0.1, -0.05) is 12.1 Å². The largest absolute Gasteiger partial charge is 0.382 e. The van der Waals surface area contributed by atoms with E-state index in [-0.39, 0.29) is 5.82 Å². The third-order valence-corrected chi connectivity index (χ3v) is 1.93. The monoisotopic (exact) mass is 191 g/mol. The van der Waals surface area contributed by atoms with Gasteiger partial charge in [-0.15, -0.1) is 0 Å². The average Bonchev–Trinajstić information content (AvgIpc) is 2.56. The topological polar surface area (TPSA) is 43.8 Å². The maximum Gasteiger partial charge on any atom is 0.141 e. The second-order valence-electron chi connectivity index (χ2n) is 3.10. The van der Waals surface area contributed by atoms with Gasteiger partial charge in [0.25, 0.3) is 0 Å². The van der Waals surface area contributed by atoms with Gasteiger partial charge in [-0.25, -0.2) is 9.37 Å². The van der Waals surface area contributed by atoms with Crippen LogP contribution in [0.3, 0.4) is 0 Å². The molecule has 0 aliphatic heterocycles. The lowest BCUT2D eigenvalue weighted by Crippen LogP contribution is -1.96. The molecule has 1 aromatic heterocycles. The summed E-state index contributed by atoms with van der Waals surface area (Å²) in [6, 6.07) is 6.36. The van der Waals surface area contributed by atoms with E-state index >= 15 is 0 Å². The van der Waals surface area contributed by atoms with Gasteiger partial charge in [-0.2, -0.15) is 0 Å². The Hall–Kier alpha value is -1.84. The fourth-order valence-electron chi connectivity index (χ4n) is 1.26. The summed E-state index contributed by atoms with van der Waals surface area (Å²) in [5.74, 6) is 0.269. The molecule has 0 saturated heterocycles. The number of benzene rings is 1. The average molecular weight is 191 g/mol. The van der Waals surface area contributed by atoms with Gasteiger partial charge in [0.2, 0.25) is 0 Å². The highest BCUT2D eigenvalue weighted by atomic mass is 19.1. The quantitative estimate of drug-likeness (QED) is 0.784. The van der Waals surface area contributed by atoms with E-state index in [0.717, 1.165) is 5.56 Å². The molecular formula is C10H10FN3. The summed E-state index contributed by atoms with van der Waals surface area (Å²) < 4.78 is 14.4. The molecule has 0 saturated carbocycles. The molecule has 72 valence electrons. The molecule has 3 nitrogen and oxygen atoms in total. The predicted octanol–water partition coefficient (Wildman–Crippen LogP) is 1.65. The van der Waals surface area contributed by atoms with Crippen molar-refractivity contribution < 1.29 is 4.39 Å². The third kappa shape index (κ3) is 1.90. The predicted molar refractivity (Wildman–Crippen MR) is 52.1 cm³/mol. The van der Waals surface area contributed by atoms with Crippen molar-refractivity contribution in [3.63, 3.8) is 0 Å². The molecule has 0 spiro atoms. The van der Waals surface area contributed by atoms with Crippen molar-refractivity contribution in [1.82, 2.24) is 9.55 Å². The van der Waals surface area contributed by atoms with E-state index in [1.54, 1.807) is 24.7 Å². The molecule has 2 aromatic rings. The number of nitrogens with zero attached hydrogens (tertiary/aromatic N) is 2. The van der Waals surface area contributed by atoms with Gasteiger partial charge < -0.3 is 10.3 Å². The lowest BCUT2D eigenvalue weighted by molar-refractivity contribution is 0.626. The Morgan fingerprint density at radius 2 is 2.00 bits per heavy atom. The van der Waals surface area contributed by atoms with Crippen LogP contribution in [0.15, 0.2) is 36.8 Å². The van der Waals surface area contributed by atoms with Crippen LogP contribution in [0, 0.1) is 5.82 Å². The highest BCUT2D eigenvalue weighted by Gasteiger charge is 1.96. The fourth-order valence-corrected chi connectivity index (χ4v) is 1.26. The van der Waals surface area contributed by atoms with E-state index in [1.807, 2.05) is 4.57 Å². The molecule has 1 aromatic carbocycles. The van der Waals surface area contributed by atoms with Gasteiger partial charge in [0.15, 0.2) is 0 Å². The highest BCUT2D eigenvalue weighted by molar-refractivity contribution is 5.24. The van der Waals surface area contributed by atoms with E-state index < -0.39 is 0 Å². The van der Waals surface area contributed by atoms with Crippen molar-refractivity contribution in [2.45, 2.75) is 6.54 Å². The van der Waals surface area contributed by atoms with Gasteiger partial charge in [0.05, 0.1) is 6.33 Å². The Morgan fingerprint density at radius 1 is 1.29 bits per heavy atom. The molecule has 2 rings (SSSR count). The van der Waals surface area contributed by atoms with Crippen molar-refractivity contribution in [1.29, 1.82) is 0 Å². The minimum Gasteiger partial charge on any atom is -0.382 e. The van der Waals surface area contributed by atoms with E-state index in [0.29, 0.717) is 12.4 Å². The molecule has 0 atom stereocenters. The number of aromatic nitrogens is 2. The van der Waals surface area contributed by atoms with E-state index in [1.165, 1.54) is 12.1 Å². The summed E-state index contributed by atoms with van der Waals surface area (Å²) in [5.41, 5.74) is 6.48. The van der Waals surface area contributed by atoms with Crippen molar-refractivity contribution in [3.8, 4) is 0 Å². The summed E-state index contributed by atoms with van der Waals surface area (Å²) in [7, 11) is 0. The van der Waals surface area contributed by atoms with E-state index in [2.05, 4.69) is 4.98 Å². The van der Waals surface area contributed by atoms with Crippen molar-refractivity contribution in [2.75, 3.05) is 5.73 Å². The van der Waals surface area contributed by atoms with Gasteiger partial charge >= 0.3 is 0 Å². The summed E-state index contributed by atoms with van der Waals surface area (Å²) in [6.45, 7) is 0.657. The number of nitrogens with two attached hydrogens (primary N) is 1. The van der Waals surface area contributed by atoms with E-state index in [4.69, 9.17) is 5.73 Å². The number of halogens is 1. The standard InChI is InChI=1S/C10H10FN3/c11-9-3-1-8(2-4-9)5-14-6-10(12)13-7-14/h1-4,6-7H,5,12H2. The van der Waals surface area contributed by atoms with Crippen LogP contribution in [0.25, 0.3) is 0 Å². The van der Waals surface area contributed by atoms with Gasteiger partial charge in [0, 0.05) is 12.7 Å². The van der Waals surface area contributed by atoms with Crippen molar-refractivity contribution >= 4 is 5.82 Å². The Labute approximate surface area is 81.0 Å². The van der Waals surface area contributed by atoms with Crippen LogP contribution in [0.1, 0.15) is 5.56 Å². The lowest BCUT2D eigenvalue weighted by Gasteiger charge is -2.01. The molecule has 0 aliphatic rings. The van der Waals surface area contributed by atoms with E-state index in [9.17, 15) is 4.39 Å². The zero-order valence-electron chi connectivity index (χ0n) is 7.52. The molecule has 4 heteroatoms. The number of imidazole rings is 1. The first-order valence-electron chi connectivity index (χ1n) is 4.26. The summed E-state index contributed by atoms with van der Waals surface area (Å²) in [5, 5.41) is 0. The molecule has 0 radical (unpaired) electrons. The Kier molecular flexibility index (Phi) is 2.18. The molecule has 2 N–H and O–H groups in total. The Morgan fingerprint density at radius 3 is 2.57 bits per heavy atom. The summed E-state index contributed by atoms with van der Waals surface area (Å²) >= 11 is 0. The van der Waals surface area contributed by atoms with Crippen LogP contribution in [0.5, 0.6) is 0 Å². The van der Waals surface area contributed by atoms with Crippen LogP contribution < -0.4 is 5.73 Å². The van der Waals surface area contributed by atoms with Crippen LogP contribution in [-0.2, 0) is 6.54 Å². The van der Waals surface area contributed by atoms with Crippen molar-refractivity contribution in [2.24, 2.45) is 0 Å². The van der Waals surface area contributed by atoms with Gasteiger partial charge in [0.1, 0.15) is 11.6 Å². The minimum absolute atomic E-state index is 0.223. The molecule has 1 heterocycles. The molecule has 0 aliphatic carbocycles. The Balaban J connectivity index is 2.15. The highest BCUT2D eigenvalue weighted by Crippen LogP contribution is 2.06. The number of anilines is 1. The minimum atomic E-state index is -0.223. The van der Waals surface area contributed by atoms with Gasteiger partial charge in [-0.05, 0) is 17.7 Å². The molecule has 0 bridgehead atoms. The first kappa shape index (κ1) is 8.74. The van der Waals surface area contributed by atoms with Crippen LogP contribution in [0.4, 0.5) is 10.2 Å². The maximum atomic E-state index is 12.6. The van der Waals surface area contributed by atoms with Crippen LogP contribution in [0.2, 0.25) is 0 Å². The molecule has 0 unspecified atom stereocenters. The number of rotatable bonds is 2. The second-order valence-corrected chi connectivity index (χ2v) is 3.10. The molecule has 0 fully saturated rings. The normalized spacial score (nSPS) is 10.4. The maximum absolute atomic E-state index is 12.6. The molecular weight excluding hydrogens is 181 g/mol. The lowest BCUT2D eigenvalue weighted by atomic mass is 10.2. The SMILES string of the molecule is Nc1cn(Cc2ccc(F)cc2)cn1. The number of hydrogen-bond acceptors (Lipinski definition) is 2. The van der Waals surface area contributed by atoms with Crippen molar-refractivity contribution in [3.05, 3.63) is 48.2 Å². The number of nitrogen functional groups attached to an aromatic ring is 1. The first-order valence-corrected chi connectivity index (χ1v) is 4.26. The second kappa shape index (κ2) is 3.49. The zero-order valence-corrected chi connectivity index (χ0v) is 7.52. The smallest absolute Gasteiger partial charge is 0.141 e. The summed E-state index contributed by atoms with van der Waals surface area (Å²) in [6.07, 6.45) is 3.39. The zero-order chi connectivity index (χ0) is 9.97. The number of hydrogen-bond donors (Lipinski definition) is 1. The summed E-state index contributed by atoms with van der Waals surface area (Å²) in [4.78, 5) is 3.90. The fraction of sp³-hybridized carbons (Fsp3) is 0.100. The third-order valence-electron chi connectivity index (χ3n) is 1.93. The first-order chi connectivity index (χ1) is 6.74.